The molecule has 2 nitrogen and oxygen atoms in total. The van der Waals surface area contributed by atoms with Gasteiger partial charge in [0, 0.05) is 33.2 Å². The maximum Gasteiger partial charge on any atom is 0.0726 e. The Hall–Kier alpha value is -8.98. The molecule has 320 valence electrons. The van der Waals surface area contributed by atoms with Gasteiger partial charge < -0.3 is 9.47 Å². The minimum Gasteiger partial charge on any atom is -0.310 e. The maximum atomic E-state index is 2.54. The van der Waals surface area contributed by atoms with Crippen molar-refractivity contribution in [3.63, 3.8) is 0 Å². The van der Waals surface area contributed by atoms with Crippen LogP contribution in [0, 0.1) is 0 Å². The molecular weight excluding hydrogens is 833 g/mol. The van der Waals surface area contributed by atoms with Gasteiger partial charge in [0.25, 0.3) is 0 Å². The van der Waals surface area contributed by atoms with E-state index >= 15 is 0 Å². The summed E-state index contributed by atoms with van der Waals surface area (Å²) in [5.41, 5.74) is 19.3. The summed E-state index contributed by atoms with van der Waals surface area (Å²) in [4.78, 5) is 2.54. The van der Waals surface area contributed by atoms with Gasteiger partial charge in [0.2, 0.25) is 0 Å². The van der Waals surface area contributed by atoms with E-state index in [9.17, 15) is 0 Å². The molecule has 1 heterocycles. The van der Waals surface area contributed by atoms with Crippen molar-refractivity contribution in [2.24, 2.45) is 0 Å². The number of hydrogen-bond acceptors (Lipinski definition) is 1. The summed E-state index contributed by atoms with van der Waals surface area (Å²) in [5.74, 6) is 0. The first kappa shape index (κ1) is 38.2. The van der Waals surface area contributed by atoms with E-state index in [1.54, 1.807) is 0 Å². The van der Waals surface area contributed by atoms with Crippen molar-refractivity contribution in [1.29, 1.82) is 0 Å². The van der Waals surface area contributed by atoms with Crippen molar-refractivity contribution in [3.8, 4) is 39.1 Å². The monoisotopic (exact) mass is 874 g/mol. The lowest BCUT2D eigenvalue weighted by atomic mass is 9.70. The van der Waals surface area contributed by atoms with Crippen molar-refractivity contribution < 1.29 is 0 Å². The van der Waals surface area contributed by atoms with Gasteiger partial charge in [-0.1, -0.05) is 200 Å². The first-order valence-electron chi connectivity index (χ1n) is 24.0. The largest absolute Gasteiger partial charge is 0.310 e. The number of anilines is 3. The van der Waals surface area contributed by atoms with E-state index in [0.29, 0.717) is 0 Å². The highest BCUT2D eigenvalue weighted by Gasteiger charge is 2.51. The second-order valence-corrected chi connectivity index (χ2v) is 18.7. The van der Waals surface area contributed by atoms with Crippen LogP contribution in [0.1, 0.15) is 22.3 Å². The molecule has 0 unspecified atom stereocenters. The second-order valence-electron chi connectivity index (χ2n) is 18.7. The smallest absolute Gasteiger partial charge is 0.0726 e. The van der Waals surface area contributed by atoms with Crippen LogP contribution in [0.5, 0.6) is 0 Å². The topological polar surface area (TPSA) is 8.17 Å². The fourth-order valence-corrected chi connectivity index (χ4v) is 12.6. The van der Waals surface area contributed by atoms with Gasteiger partial charge in [-0.3, -0.25) is 0 Å². The highest BCUT2D eigenvalue weighted by Crippen LogP contribution is 2.63. The number of nitrogens with zero attached hydrogens (tertiary/aromatic N) is 2. The molecule has 0 bridgehead atoms. The molecule has 0 radical (unpaired) electrons. The van der Waals surface area contributed by atoms with E-state index in [2.05, 4.69) is 264 Å². The normalized spacial score (nSPS) is 13.0. The third-order valence-electron chi connectivity index (χ3n) is 15.4. The summed E-state index contributed by atoms with van der Waals surface area (Å²) in [6, 6.07) is 95.0. The standard InChI is InChI=1S/C67H42N2/c1-2-19-45(20-3-1)69-63-34-15-11-28-55(63)56-38-36-44(41-65(56)69)43-18-16-21-46(40-43)68(64-35-17-30-58-50-23-5-4-22-48(50)49-24-6-7-29-57(49)66(58)64)47-37-39-54-53-27-10-14-33-61(53)67(62(54)42-47)59-31-12-8-25-51(59)52-26-9-13-32-60(52)67/h1-42H. The molecule has 0 aliphatic heterocycles. The van der Waals surface area contributed by atoms with Gasteiger partial charge in [-0.25, -0.2) is 0 Å². The molecule has 2 aliphatic carbocycles. The summed E-state index contributed by atoms with van der Waals surface area (Å²) >= 11 is 0. The molecule has 0 fully saturated rings. The number of benzene rings is 12. The third kappa shape index (κ3) is 5.26. The molecular formula is C67H42N2. The maximum absolute atomic E-state index is 2.54. The first-order valence-corrected chi connectivity index (χ1v) is 24.0. The quantitative estimate of drug-likeness (QED) is 0.156. The van der Waals surface area contributed by atoms with E-state index in [4.69, 9.17) is 0 Å². The van der Waals surface area contributed by atoms with Crippen LogP contribution in [0.3, 0.4) is 0 Å². The third-order valence-corrected chi connectivity index (χ3v) is 15.4. The van der Waals surface area contributed by atoms with E-state index < -0.39 is 5.41 Å². The van der Waals surface area contributed by atoms with Crippen molar-refractivity contribution in [2.75, 3.05) is 4.90 Å². The van der Waals surface area contributed by atoms with Crippen LogP contribution in [0.15, 0.2) is 255 Å². The van der Waals surface area contributed by atoms with Gasteiger partial charge in [0.1, 0.15) is 0 Å². The van der Waals surface area contributed by atoms with Crippen LogP contribution in [0.25, 0.3) is 93.2 Å². The lowest BCUT2D eigenvalue weighted by Gasteiger charge is -2.32. The van der Waals surface area contributed by atoms with E-state index in [1.807, 2.05) is 0 Å². The van der Waals surface area contributed by atoms with Gasteiger partial charge in [0.15, 0.2) is 0 Å². The van der Waals surface area contributed by atoms with E-state index in [-0.39, 0.29) is 0 Å². The second kappa shape index (κ2) is 14.5. The number of aromatic nitrogens is 1. The molecule has 12 aromatic carbocycles. The van der Waals surface area contributed by atoms with Gasteiger partial charge in [0.05, 0.1) is 22.1 Å². The van der Waals surface area contributed by atoms with E-state index in [1.165, 1.54) is 104 Å². The van der Waals surface area contributed by atoms with Gasteiger partial charge in [-0.2, -0.15) is 0 Å². The lowest BCUT2D eigenvalue weighted by molar-refractivity contribution is 0.793. The van der Waals surface area contributed by atoms with Crippen molar-refractivity contribution in [3.05, 3.63) is 277 Å². The van der Waals surface area contributed by atoms with Crippen LogP contribution in [0.4, 0.5) is 17.1 Å². The van der Waals surface area contributed by atoms with Crippen molar-refractivity contribution in [2.45, 2.75) is 5.41 Å². The molecule has 15 rings (SSSR count). The number of hydrogen-bond donors (Lipinski definition) is 0. The Bertz CT molecular complexity index is 4160. The zero-order valence-corrected chi connectivity index (χ0v) is 37.6. The average Bonchev–Trinajstić information content (AvgIpc) is 4.03. The summed E-state index contributed by atoms with van der Waals surface area (Å²) in [7, 11) is 0. The minimum absolute atomic E-state index is 0.475. The molecule has 0 saturated carbocycles. The van der Waals surface area contributed by atoms with Crippen LogP contribution < -0.4 is 4.90 Å². The zero-order valence-electron chi connectivity index (χ0n) is 37.6. The molecule has 1 spiro atoms. The predicted molar refractivity (Wildman–Crippen MR) is 290 cm³/mol. The SMILES string of the molecule is c1ccc(-n2c3ccccc3c3ccc(-c4cccc(N(c5ccc6c(c5)C5(c7ccccc7-c7ccccc75)c5ccccc5-6)c5cccc6c7ccccc7c7ccccc7c56)c4)cc32)cc1. The predicted octanol–water partition coefficient (Wildman–Crippen LogP) is 17.7. The Morgan fingerprint density at radius 2 is 0.783 bits per heavy atom. The molecule has 0 amide bonds. The number of para-hydroxylation sites is 2. The lowest BCUT2D eigenvalue weighted by Crippen LogP contribution is -2.26. The molecule has 0 atom stereocenters. The molecule has 2 aliphatic rings. The molecule has 1 aromatic heterocycles. The Morgan fingerprint density at radius 1 is 0.290 bits per heavy atom. The van der Waals surface area contributed by atoms with E-state index in [0.717, 1.165) is 28.3 Å². The number of rotatable bonds is 5. The van der Waals surface area contributed by atoms with Crippen LogP contribution >= 0.6 is 0 Å². The summed E-state index contributed by atoms with van der Waals surface area (Å²) < 4.78 is 2.41. The highest BCUT2D eigenvalue weighted by atomic mass is 15.1. The Labute approximate surface area is 400 Å². The molecule has 0 saturated heterocycles. The summed E-state index contributed by atoms with van der Waals surface area (Å²) in [6.45, 7) is 0. The van der Waals surface area contributed by atoms with Crippen LogP contribution in [-0.4, -0.2) is 4.57 Å². The fraction of sp³-hybridized carbons (Fsp3) is 0.0149. The Balaban J connectivity index is 1.01. The summed E-state index contributed by atoms with van der Waals surface area (Å²) in [5, 5.41) is 10.00. The molecule has 0 N–H and O–H groups in total. The van der Waals surface area contributed by atoms with Gasteiger partial charge in [-0.05, 0) is 137 Å². The minimum atomic E-state index is -0.475. The van der Waals surface area contributed by atoms with Crippen LogP contribution in [-0.2, 0) is 5.41 Å². The first-order chi connectivity index (χ1) is 34.3. The van der Waals surface area contributed by atoms with Gasteiger partial charge in [-0.15, -0.1) is 0 Å². The molecule has 69 heavy (non-hydrogen) atoms. The average molecular weight is 875 g/mol. The van der Waals surface area contributed by atoms with Gasteiger partial charge >= 0.3 is 0 Å². The van der Waals surface area contributed by atoms with Crippen molar-refractivity contribution >= 4 is 71.2 Å². The molecule has 2 heteroatoms. The number of fused-ring (bicyclic) bond motifs is 19. The molecule has 13 aromatic rings. The van der Waals surface area contributed by atoms with Crippen LogP contribution in [0.2, 0.25) is 0 Å². The zero-order chi connectivity index (χ0) is 45.2. The van der Waals surface area contributed by atoms with Crippen molar-refractivity contribution in [1.82, 2.24) is 4.57 Å². The summed E-state index contributed by atoms with van der Waals surface area (Å²) in [6.07, 6.45) is 0. The Kier molecular flexibility index (Phi) is 8.02. The Morgan fingerprint density at radius 3 is 1.46 bits per heavy atom. The fourth-order valence-electron chi connectivity index (χ4n) is 12.6. The highest BCUT2D eigenvalue weighted by molar-refractivity contribution is 6.29.